The van der Waals surface area contributed by atoms with Crippen LogP contribution in [0.4, 0.5) is 0 Å². The lowest BCUT2D eigenvalue weighted by Gasteiger charge is -2.43. The maximum absolute atomic E-state index is 12.1. The van der Waals surface area contributed by atoms with Crippen molar-refractivity contribution in [3.63, 3.8) is 0 Å². The van der Waals surface area contributed by atoms with Crippen LogP contribution in [0.5, 0.6) is 0 Å². The number of piperazine rings is 1. The highest BCUT2D eigenvalue weighted by atomic mass is 16.2. The van der Waals surface area contributed by atoms with Crippen LogP contribution >= 0.6 is 0 Å². The van der Waals surface area contributed by atoms with E-state index < -0.39 is 6.04 Å². The van der Waals surface area contributed by atoms with Crippen LogP contribution in [0.15, 0.2) is 0 Å². The molecule has 120 valence electrons. The minimum atomic E-state index is -0.548. The second kappa shape index (κ2) is 7.22. The van der Waals surface area contributed by atoms with Crippen LogP contribution in [0.1, 0.15) is 33.1 Å². The molecule has 0 spiro atoms. The van der Waals surface area contributed by atoms with Crippen molar-refractivity contribution in [1.29, 1.82) is 0 Å². The molecule has 2 amide bonds. The van der Waals surface area contributed by atoms with E-state index in [0.717, 1.165) is 32.2 Å². The summed E-state index contributed by atoms with van der Waals surface area (Å²) in [5.74, 6) is -0.176. The molecule has 0 radical (unpaired) electrons. The first-order valence-corrected chi connectivity index (χ1v) is 8.04. The van der Waals surface area contributed by atoms with Crippen molar-refractivity contribution in [2.24, 2.45) is 11.7 Å². The highest BCUT2D eigenvalue weighted by Gasteiger charge is 2.29. The number of hydrogen-bond donors (Lipinski definition) is 2. The fourth-order valence-electron chi connectivity index (χ4n) is 2.78. The molecule has 21 heavy (non-hydrogen) atoms. The summed E-state index contributed by atoms with van der Waals surface area (Å²) in [5.41, 5.74) is 5.75. The standard InChI is InChI=1S/C15H28N4O2/c1-11(2)14(16)15(21)17-10-13(20)19-8-6-18(7-9-19)12-4-3-5-12/h11-12,14H,3-10,16H2,1-2H3,(H,17,21)/t14-/m0/s1. The van der Waals surface area contributed by atoms with Gasteiger partial charge in [-0.15, -0.1) is 0 Å². The third kappa shape index (κ3) is 4.17. The zero-order valence-electron chi connectivity index (χ0n) is 13.2. The molecule has 2 aliphatic rings. The van der Waals surface area contributed by atoms with E-state index in [-0.39, 0.29) is 24.3 Å². The molecular formula is C15H28N4O2. The Balaban J connectivity index is 1.68. The molecule has 1 heterocycles. The van der Waals surface area contributed by atoms with Crippen LogP contribution in [-0.4, -0.2) is 66.4 Å². The minimum Gasteiger partial charge on any atom is -0.346 e. The first-order valence-electron chi connectivity index (χ1n) is 8.04. The van der Waals surface area contributed by atoms with E-state index in [9.17, 15) is 9.59 Å². The Kier molecular flexibility index (Phi) is 5.58. The fraction of sp³-hybridized carbons (Fsp3) is 0.867. The van der Waals surface area contributed by atoms with Gasteiger partial charge in [-0.3, -0.25) is 14.5 Å². The Labute approximate surface area is 127 Å². The predicted molar refractivity (Wildman–Crippen MR) is 81.6 cm³/mol. The molecule has 2 rings (SSSR count). The van der Waals surface area contributed by atoms with E-state index >= 15 is 0 Å². The van der Waals surface area contributed by atoms with Crippen molar-refractivity contribution in [3.8, 4) is 0 Å². The van der Waals surface area contributed by atoms with Gasteiger partial charge in [-0.05, 0) is 18.8 Å². The SMILES string of the molecule is CC(C)[C@H](N)C(=O)NCC(=O)N1CCN(C2CCC2)CC1. The number of hydrogen-bond acceptors (Lipinski definition) is 4. The molecule has 1 atom stereocenters. The Morgan fingerprint density at radius 3 is 2.29 bits per heavy atom. The summed E-state index contributed by atoms with van der Waals surface area (Å²) in [6.45, 7) is 7.29. The summed E-state index contributed by atoms with van der Waals surface area (Å²) >= 11 is 0. The Morgan fingerprint density at radius 1 is 1.19 bits per heavy atom. The summed E-state index contributed by atoms with van der Waals surface area (Å²) in [7, 11) is 0. The van der Waals surface area contributed by atoms with Gasteiger partial charge in [-0.25, -0.2) is 0 Å². The number of nitrogens with two attached hydrogens (primary N) is 1. The summed E-state index contributed by atoms with van der Waals surface area (Å²) in [4.78, 5) is 28.2. The Hall–Kier alpha value is -1.14. The van der Waals surface area contributed by atoms with E-state index in [1.807, 2.05) is 18.7 Å². The van der Waals surface area contributed by atoms with Gasteiger partial charge in [0.15, 0.2) is 0 Å². The number of nitrogens with one attached hydrogen (secondary N) is 1. The number of carbonyl (C=O) groups is 2. The quantitative estimate of drug-likeness (QED) is 0.735. The summed E-state index contributed by atoms with van der Waals surface area (Å²) in [5, 5.41) is 2.65. The molecule has 0 bridgehead atoms. The molecule has 6 heteroatoms. The second-order valence-corrected chi connectivity index (χ2v) is 6.49. The zero-order valence-corrected chi connectivity index (χ0v) is 13.2. The predicted octanol–water partition coefficient (Wildman–Crippen LogP) is -0.217. The maximum Gasteiger partial charge on any atom is 0.242 e. The van der Waals surface area contributed by atoms with Gasteiger partial charge in [0, 0.05) is 32.2 Å². The minimum absolute atomic E-state index is 0.00688. The molecule has 0 aromatic carbocycles. The van der Waals surface area contributed by atoms with Crippen molar-refractivity contribution in [1.82, 2.24) is 15.1 Å². The van der Waals surface area contributed by atoms with Gasteiger partial charge >= 0.3 is 0 Å². The van der Waals surface area contributed by atoms with Crippen molar-refractivity contribution in [3.05, 3.63) is 0 Å². The van der Waals surface area contributed by atoms with E-state index in [0.29, 0.717) is 0 Å². The molecule has 1 aliphatic heterocycles. The molecule has 1 saturated carbocycles. The number of nitrogens with zero attached hydrogens (tertiary/aromatic N) is 2. The van der Waals surface area contributed by atoms with Gasteiger partial charge in [0.25, 0.3) is 0 Å². The monoisotopic (exact) mass is 296 g/mol. The molecular weight excluding hydrogens is 268 g/mol. The van der Waals surface area contributed by atoms with Crippen LogP contribution in [0.25, 0.3) is 0 Å². The first-order chi connectivity index (χ1) is 9.99. The summed E-state index contributed by atoms with van der Waals surface area (Å²) in [6, 6.07) is 0.194. The third-order valence-corrected chi connectivity index (χ3v) is 4.69. The number of rotatable bonds is 5. The van der Waals surface area contributed by atoms with Crippen molar-refractivity contribution in [2.45, 2.75) is 45.2 Å². The van der Waals surface area contributed by atoms with Crippen LogP contribution in [0.3, 0.4) is 0 Å². The topological polar surface area (TPSA) is 78.7 Å². The van der Waals surface area contributed by atoms with E-state index in [1.54, 1.807) is 0 Å². The highest BCUT2D eigenvalue weighted by molar-refractivity contribution is 5.87. The van der Waals surface area contributed by atoms with E-state index in [4.69, 9.17) is 5.73 Å². The second-order valence-electron chi connectivity index (χ2n) is 6.49. The summed E-state index contributed by atoms with van der Waals surface area (Å²) < 4.78 is 0. The molecule has 3 N–H and O–H groups in total. The average molecular weight is 296 g/mol. The van der Waals surface area contributed by atoms with Gasteiger partial charge in [0.2, 0.25) is 11.8 Å². The number of carbonyl (C=O) groups excluding carboxylic acids is 2. The Bertz CT molecular complexity index is 374. The van der Waals surface area contributed by atoms with Crippen molar-refractivity contribution >= 4 is 11.8 Å². The lowest BCUT2D eigenvalue weighted by atomic mass is 9.91. The van der Waals surface area contributed by atoms with E-state index in [1.165, 1.54) is 19.3 Å². The molecule has 0 aromatic heterocycles. The fourth-order valence-corrected chi connectivity index (χ4v) is 2.78. The smallest absolute Gasteiger partial charge is 0.242 e. The maximum atomic E-state index is 12.1. The molecule has 1 saturated heterocycles. The zero-order chi connectivity index (χ0) is 15.4. The first kappa shape index (κ1) is 16.2. The largest absolute Gasteiger partial charge is 0.346 e. The highest BCUT2D eigenvalue weighted by Crippen LogP contribution is 2.25. The normalized spacial score (nSPS) is 22.0. The molecule has 6 nitrogen and oxygen atoms in total. The van der Waals surface area contributed by atoms with Crippen molar-refractivity contribution < 1.29 is 9.59 Å². The molecule has 1 aliphatic carbocycles. The van der Waals surface area contributed by atoms with Gasteiger partial charge < -0.3 is 16.0 Å². The lowest BCUT2D eigenvalue weighted by molar-refractivity contribution is -0.135. The number of amides is 2. The average Bonchev–Trinajstić information content (AvgIpc) is 2.42. The van der Waals surface area contributed by atoms with Gasteiger partial charge in [0.05, 0.1) is 12.6 Å². The van der Waals surface area contributed by atoms with Crippen LogP contribution in [0.2, 0.25) is 0 Å². The van der Waals surface area contributed by atoms with Crippen molar-refractivity contribution in [2.75, 3.05) is 32.7 Å². The van der Waals surface area contributed by atoms with Crippen LogP contribution in [0, 0.1) is 5.92 Å². The van der Waals surface area contributed by atoms with Gasteiger partial charge in [0.1, 0.15) is 0 Å². The molecule has 0 aromatic rings. The Morgan fingerprint density at radius 2 is 1.81 bits per heavy atom. The van der Waals surface area contributed by atoms with Gasteiger partial charge in [-0.2, -0.15) is 0 Å². The van der Waals surface area contributed by atoms with Gasteiger partial charge in [-0.1, -0.05) is 20.3 Å². The van der Waals surface area contributed by atoms with E-state index in [2.05, 4.69) is 10.2 Å². The third-order valence-electron chi connectivity index (χ3n) is 4.69. The molecule has 0 unspecified atom stereocenters. The van der Waals surface area contributed by atoms with Crippen LogP contribution < -0.4 is 11.1 Å². The molecule has 2 fully saturated rings. The lowest BCUT2D eigenvalue weighted by Crippen LogP contribution is -2.55. The van der Waals surface area contributed by atoms with Crippen LogP contribution in [-0.2, 0) is 9.59 Å². The summed E-state index contributed by atoms with van der Waals surface area (Å²) in [6.07, 6.45) is 3.94.